The molecule has 0 fully saturated rings. The van der Waals surface area contributed by atoms with E-state index >= 15 is 0 Å². The Morgan fingerprint density at radius 3 is 3.00 bits per heavy atom. The third kappa shape index (κ3) is 3.10. The molecule has 0 saturated carbocycles. The second-order valence-corrected chi connectivity index (χ2v) is 3.10. The van der Waals surface area contributed by atoms with Gasteiger partial charge in [-0.3, -0.25) is 4.79 Å². The van der Waals surface area contributed by atoms with E-state index in [9.17, 15) is 4.79 Å². The van der Waals surface area contributed by atoms with Crippen molar-refractivity contribution in [2.45, 2.75) is 26.4 Å². The molecule has 1 rings (SSSR count). The molecule has 1 heterocycles. The lowest BCUT2D eigenvalue weighted by molar-refractivity contribution is -0.122. The molecule has 0 aliphatic rings. The van der Waals surface area contributed by atoms with Gasteiger partial charge in [0, 0.05) is 6.20 Å². The van der Waals surface area contributed by atoms with E-state index in [0.717, 1.165) is 5.69 Å². The van der Waals surface area contributed by atoms with Gasteiger partial charge >= 0.3 is 0 Å². The fraction of sp³-hybridized carbons (Fsp3) is 0.444. The summed E-state index contributed by atoms with van der Waals surface area (Å²) < 4.78 is 0. The van der Waals surface area contributed by atoms with Gasteiger partial charge in [-0.2, -0.15) is 0 Å². The van der Waals surface area contributed by atoms with Crippen LogP contribution in [0.5, 0.6) is 0 Å². The number of nitrogens with two attached hydrogens (primary N) is 1. The quantitative estimate of drug-likeness (QED) is 0.695. The molecule has 1 unspecified atom stereocenters. The fourth-order valence-electron chi connectivity index (χ4n) is 0.942. The Kier molecular flexibility index (Phi) is 3.53. The number of amides is 1. The van der Waals surface area contributed by atoms with Crippen LogP contribution in [-0.4, -0.2) is 21.9 Å². The Hall–Kier alpha value is -1.49. The highest BCUT2D eigenvalue weighted by molar-refractivity contribution is 5.80. The zero-order valence-corrected chi connectivity index (χ0v) is 8.32. The Balaban J connectivity index is 2.50. The molecule has 0 saturated heterocycles. The molecule has 5 heteroatoms. The van der Waals surface area contributed by atoms with E-state index in [4.69, 9.17) is 5.73 Å². The smallest absolute Gasteiger partial charge is 0.236 e. The average Bonchev–Trinajstić information content (AvgIpc) is 2.14. The Morgan fingerprint density at radius 1 is 1.71 bits per heavy atom. The maximum Gasteiger partial charge on any atom is 0.236 e. The molecule has 1 amide bonds. The first kappa shape index (κ1) is 10.6. The second kappa shape index (κ2) is 4.66. The summed E-state index contributed by atoms with van der Waals surface area (Å²) in [7, 11) is 0. The van der Waals surface area contributed by atoms with Crippen molar-refractivity contribution in [1.82, 2.24) is 15.3 Å². The lowest BCUT2D eigenvalue weighted by Gasteiger charge is -2.06. The Morgan fingerprint density at radius 2 is 2.43 bits per heavy atom. The van der Waals surface area contributed by atoms with Crippen molar-refractivity contribution in [3.8, 4) is 0 Å². The number of aromatic nitrogens is 2. The van der Waals surface area contributed by atoms with E-state index in [0.29, 0.717) is 12.4 Å². The van der Waals surface area contributed by atoms with Crippen LogP contribution in [0.3, 0.4) is 0 Å². The molecule has 5 nitrogen and oxygen atoms in total. The zero-order chi connectivity index (χ0) is 10.6. The molecule has 0 aromatic carbocycles. The maximum absolute atomic E-state index is 11.1. The molecule has 14 heavy (non-hydrogen) atoms. The first-order valence-corrected chi connectivity index (χ1v) is 4.41. The minimum atomic E-state index is -0.488. The third-order valence-corrected chi connectivity index (χ3v) is 1.69. The van der Waals surface area contributed by atoms with Crippen LogP contribution in [0.15, 0.2) is 12.3 Å². The number of rotatable bonds is 3. The zero-order valence-electron chi connectivity index (χ0n) is 8.32. The molecular weight excluding hydrogens is 180 g/mol. The monoisotopic (exact) mass is 194 g/mol. The number of nitrogens with zero attached hydrogens (tertiary/aromatic N) is 2. The van der Waals surface area contributed by atoms with Gasteiger partial charge in [-0.25, -0.2) is 9.97 Å². The fourth-order valence-corrected chi connectivity index (χ4v) is 0.942. The Labute approximate surface area is 82.7 Å². The van der Waals surface area contributed by atoms with Crippen molar-refractivity contribution in [2.24, 2.45) is 5.73 Å². The van der Waals surface area contributed by atoms with Crippen molar-refractivity contribution in [2.75, 3.05) is 0 Å². The highest BCUT2D eigenvalue weighted by Crippen LogP contribution is 1.93. The Bertz CT molecular complexity index is 324. The SMILES string of the molecule is Cc1nccc(CNC(=O)C(C)N)n1. The number of nitrogens with one attached hydrogen (secondary N) is 1. The van der Waals surface area contributed by atoms with Crippen molar-refractivity contribution < 1.29 is 4.79 Å². The van der Waals surface area contributed by atoms with E-state index in [1.807, 2.05) is 0 Å². The van der Waals surface area contributed by atoms with Crippen molar-refractivity contribution in [3.63, 3.8) is 0 Å². The van der Waals surface area contributed by atoms with E-state index in [1.165, 1.54) is 0 Å². The van der Waals surface area contributed by atoms with Crippen LogP contribution in [0.25, 0.3) is 0 Å². The number of carbonyl (C=O) groups is 1. The van der Waals surface area contributed by atoms with Gasteiger partial charge in [0.25, 0.3) is 0 Å². The number of aryl methyl sites for hydroxylation is 1. The van der Waals surface area contributed by atoms with Crippen LogP contribution >= 0.6 is 0 Å². The standard InChI is InChI=1S/C9H14N4O/c1-6(10)9(14)12-5-8-3-4-11-7(2)13-8/h3-4,6H,5,10H2,1-2H3,(H,12,14). The van der Waals surface area contributed by atoms with Gasteiger partial charge in [-0.05, 0) is 19.9 Å². The molecule has 3 N–H and O–H groups in total. The number of carbonyl (C=O) groups excluding carboxylic acids is 1. The van der Waals surface area contributed by atoms with Gasteiger partial charge < -0.3 is 11.1 Å². The summed E-state index contributed by atoms with van der Waals surface area (Å²) in [5.74, 6) is 0.513. The van der Waals surface area contributed by atoms with Crippen molar-refractivity contribution in [1.29, 1.82) is 0 Å². The normalized spacial score (nSPS) is 12.2. The minimum Gasteiger partial charge on any atom is -0.349 e. The molecule has 0 spiro atoms. The van der Waals surface area contributed by atoms with Crippen LogP contribution in [0.1, 0.15) is 18.4 Å². The predicted octanol–water partition coefficient (Wildman–Crippen LogP) is -0.252. The van der Waals surface area contributed by atoms with Gasteiger partial charge in [0.05, 0.1) is 18.3 Å². The first-order valence-electron chi connectivity index (χ1n) is 4.41. The molecule has 76 valence electrons. The van der Waals surface area contributed by atoms with Crippen molar-refractivity contribution >= 4 is 5.91 Å². The van der Waals surface area contributed by atoms with Crippen LogP contribution in [0, 0.1) is 6.92 Å². The molecule has 0 radical (unpaired) electrons. The summed E-state index contributed by atoms with van der Waals surface area (Å²) >= 11 is 0. The highest BCUT2D eigenvalue weighted by atomic mass is 16.2. The second-order valence-electron chi connectivity index (χ2n) is 3.10. The number of hydrogen-bond donors (Lipinski definition) is 2. The summed E-state index contributed by atoms with van der Waals surface area (Å²) in [4.78, 5) is 19.2. The third-order valence-electron chi connectivity index (χ3n) is 1.69. The van der Waals surface area contributed by atoms with Gasteiger partial charge in [0.1, 0.15) is 5.82 Å². The predicted molar refractivity (Wildman–Crippen MR) is 52.3 cm³/mol. The highest BCUT2D eigenvalue weighted by Gasteiger charge is 2.06. The number of hydrogen-bond acceptors (Lipinski definition) is 4. The topological polar surface area (TPSA) is 80.9 Å². The molecule has 1 aromatic rings. The lowest BCUT2D eigenvalue weighted by atomic mass is 10.3. The van der Waals surface area contributed by atoms with E-state index in [1.54, 1.807) is 26.1 Å². The largest absolute Gasteiger partial charge is 0.349 e. The lowest BCUT2D eigenvalue weighted by Crippen LogP contribution is -2.38. The van der Waals surface area contributed by atoms with Crippen LogP contribution in [0.2, 0.25) is 0 Å². The van der Waals surface area contributed by atoms with Gasteiger partial charge in [-0.15, -0.1) is 0 Å². The summed E-state index contributed by atoms with van der Waals surface area (Å²) in [5, 5.41) is 2.67. The minimum absolute atomic E-state index is 0.179. The summed E-state index contributed by atoms with van der Waals surface area (Å²) in [6, 6.07) is 1.27. The molecule has 0 aliphatic heterocycles. The summed E-state index contributed by atoms with van der Waals surface area (Å²) in [6.07, 6.45) is 1.66. The van der Waals surface area contributed by atoms with Gasteiger partial charge in [0.2, 0.25) is 5.91 Å². The molecule has 1 aromatic heterocycles. The van der Waals surface area contributed by atoms with E-state index < -0.39 is 6.04 Å². The van der Waals surface area contributed by atoms with Crippen LogP contribution in [0.4, 0.5) is 0 Å². The molecule has 1 atom stereocenters. The van der Waals surface area contributed by atoms with Crippen molar-refractivity contribution in [3.05, 3.63) is 23.8 Å². The molecular formula is C9H14N4O. The summed E-state index contributed by atoms with van der Waals surface area (Å²) in [6.45, 7) is 3.83. The molecule has 0 bridgehead atoms. The van der Waals surface area contributed by atoms with Crippen LogP contribution in [-0.2, 0) is 11.3 Å². The summed E-state index contributed by atoms with van der Waals surface area (Å²) in [5.41, 5.74) is 6.17. The van der Waals surface area contributed by atoms with Crippen LogP contribution < -0.4 is 11.1 Å². The van der Waals surface area contributed by atoms with E-state index in [-0.39, 0.29) is 5.91 Å². The average molecular weight is 194 g/mol. The molecule has 0 aliphatic carbocycles. The van der Waals surface area contributed by atoms with E-state index in [2.05, 4.69) is 15.3 Å². The van der Waals surface area contributed by atoms with Gasteiger partial charge in [0.15, 0.2) is 0 Å². The maximum atomic E-state index is 11.1. The first-order chi connectivity index (χ1) is 6.59. The van der Waals surface area contributed by atoms with Gasteiger partial charge in [-0.1, -0.05) is 0 Å².